The molecule has 0 aliphatic carbocycles. The number of esters is 1. The zero-order valence-electron chi connectivity index (χ0n) is 13.0. The highest BCUT2D eigenvalue weighted by molar-refractivity contribution is 5.90. The molecular weight excluding hydrogens is 296 g/mol. The number of aromatic nitrogens is 2. The molecule has 0 bridgehead atoms. The number of amides is 2. The van der Waals surface area contributed by atoms with Crippen molar-refractivity contribution in [3.8, 4) is 0 Å². The van der Waals surface area contributed by atoms with Gasteiger partial charge in [-0.05, 0) is 11.1 Å². The number of ether oxygens (including phenoxy) is 1. The molecule has 0 saturated heterocycles. The van der Waals surface area contributed by atoms with E-state index in [1.165, 1.54) is 7.11 Å². The average Bonchev–Trinajstić information content (AvgIpc) is 2.97. The molecule has 0 fully saturated rings. The average molecular weight is 314 g/mol. The molecule has 0 radical (unpaired) electrons. The molecule has 7 nitrogen and oxygen atoms in total. The molecule has 1 aliphatic rings. The van der Waals surface area contributed by atoms with E-state index in [2.05, 4.69) is 10.4 Å². The summed E-state index contributed by atoms with van der Waals surface area (Å²) in [6.07, 6.45) is 3.29. The minimum Gasteiger partial charge on any atom is -0.468 e. The first kappa shape index (κ1) is 15.1. The van der Waals surface area contributed by atoms with E-state index in [9.17, 15) is 9.59 Å². The van der Waals surface area contributed by atoms with E-state index in [1.54, 1.807) is 29.0 Å². The van der Waals surface area contributed by atoms with Gasteiger partial charge in [0.05, 0.1) is 24.9 Å². The van der Waals surface area contributed by atoms with Crippen molar-refractivity contribution in [2.75, 3.05) is 19.0 Å². The van der Waals surface area contributed by atoms with Gasteiger partial charge in [-0.1, -0.05) is 24.3 Å². The number of benzene rings is 1. The number of methoxy groups -OCH3 is 1. The maximum absolute atomic E-state index is 12.5. The summed E-state index contributed by atoms with van der Waals surface area (Å²) in [4.78, 5) is 26.1. The van der Waals surface area contributed by atoms with Crippen LogP contribution in [0.15, 0.2) is 36.7 Å². The van der Waals surface area contributed by atoms with Gasteiger partial charge in [-0.3, -0.25) is 9.48 Å². The number of nitrogens with one attached hydrogen (secondary N) is 1. The zero-order chi connectivity index (χ0) is 16.4. The van der Waals surface area contributed by atoms with Crippen LogP contribution < -0.4 is 5.32 Å². The van der Waals surface area contributed by atoms with Crippen LogP contribution in [0.2, 0.25) is 0 Å². The minimum absolute atomic E-state index is 0.263. The van der Waals surface area contributed by atoms with Crippen LogP contribution in [-0.4, -0.2) is 40.3 Å². The van der Waals surface area contributed by atoms with Gasteiger partial charge in [-0.2, -0.15) is 5.10 Å². The highest BCUT2D eigenvalue weighted by atomic mass is 16.5. The van der Waals surface area contributed by atoms with E-state index < -0.39 is 5.92 Å². The summed E-state index contributed by atoms with van der Waals surface area (Å²) in [7, 11) is 3.14. The zero-order valence-corrected chi connectivity index (χ0v) is 13.0. The second-order valence-electron chi connectivity index (χ2n) is 5.49. The van der Waals surface area contributed by atoms with Crippen molar-refractivity contribution in [2.45, 2.75) is 12.5 Å². The standard InChI is InChI=1S/C16H18N4O3/c1-19-9-12(7-17-19)18-16(22)20-8-11-5-3-4-6-13(11)14(10-20)15(21)23-2/h3-7,9,14H,8,10H2,1-2H3,(H,18,22). The number of anilines is 1. The molecule has 2 amide bonds. The van der Waals surface area contributed by atoms with E-state index in [1.807, 2.05) is 24.3 Å². The number of hydrogen-bond donors (Lipinski definition) is 1. The molecule has 1 aliphatic heterocycles. The lowest BCUT2D eigenvalue weighted by Gasteiger charge is -2.33. The Kier molecular flexibility index (Phi) is 4.01. The number of urea groups is 1. The van der Waals surface area contributed by atoms with Crippen molar-refractivity contribution in [1.82, 2.24) is 14.7 Å². The Morgan fingerprint density at radius 1 is 1.35 bits per heavy atom. The Labute approximate surface area is 133 Å². The highest BCUT2D eigenvalue weighted by Crippen LogP contribution is 2.29. The van der Waals surface area contributed by atoms with E-state index in [0.717, 1.165) is 11.1 Å². The number of nitrogens with zero attached hydrogens (tertiary/aromatic N) is 3. The molecule has 3 rings (SSSR count). The Bertz CT molecular complexity index is 740. The largest absolute Gasteiger partial charge is 0.468 e. The van der Waals surface area contributed by atoms with Gasteiger partial charge in [0.2, 0.25) is 0 Å². The highest BCUT2D eigenvalue weighted by Gasteiger charge is 2.33. The molecule has 23 heavy (non-hydrogen) atoms. The quantitative estimate of drug-likeness (QED) is 0.856. The number of carbonyl (C=O) groups excluding carboxylic acids is 2. The van der Waals surface area contributed by atoms with Crippen LogP contribution in [0.1, 0.15) is 17.0 Å². The number of rotatable bonds is 2. The van der Waals surface area contributed by atoms with Crippen molar-refractivity contribution in [1.29, 1.82) is 0 Å². The predicted molar refractivity (Wildman–Crippen MR) is 83.8 cm³/mol. The normalized spacial score (nSPS) is 16.6. The molecule has 1 N–H and O–H groups in total. The van der Waals surface area contributed by atoms with E-state index in [0.29, 0.717) is 12.2 Å². The van der Waals surface area contributed by atoms with E-state index >= 15 is 0 Å². The topological polar surface area (TPSA) is 76.5 Å². The van der Waals surface area contributed by atoms with E-state index in [4.69, 9.17) is 4.74 Å². The Balaban J connectivity index is 1.82. The molecule has 0 spiro atoms. The summed E-state index contributed by atoms with van der Waals surface area (Å²) in [5, 5.41) is 6.81. The van der Waals surface area contributed by atoms with Crippen molar-refractivity contribution >= 4 is 17.7 Å². The van der Waals surface area contributed by atoms with Crippen LogP contribution >= 0.6 is 0 Å². The maximum atomic E-state index is 12.5. The van der Waals surface area contributed by atoms with Gasteiger partial charge < -0.3 is 15.0 Å². The smallest absolute Gasteiger partial charge is 0.322 e. The molecular formula is C16H18N4O3. The lowest BCUT2D eigenvalue weighted by molar-refractivity contribution is -0.143. The maximum Gasteiger partial charge on any atom is 0.322 e. The molecule has 0 saturated carbocycles. The van der Waals surface area contributed by atoms with Crippen LogP contribution in [-0.2, 0) is 23.1 Å². The second kappa shape index (κ2) is 6.12. The van der Waals surface area contributed by atoms with Gasteiger partial charge in [-0.25, -0.2) is 4.79 Å². The first-order chi connectivity index (χ1) is 11.1. The molecule has 1 unspecified atom stereocenters. The molecule has 7 heteroatoms. The first-order valence-electron chi connectivity index (χ1n) is 7.28. The van der Waals surface area contributed by atoms with Crippen molar-refractivity contribution in [3.63, 3.8) is 0 Å². The number of hydrogen-bond acceptors (Lipinski definition) is 4. The van der Waals surface area contributed by atoms with Gasteiger partial charge in [0.25, 0.3) is 0 Å². The fourth-order valence-electron chi connectivity index (χ4n) is 2.79. The third-order valence-corrected chi connectivity index (χ3v) is 3.92. The first-order valence-corrected chi connectivity index (χ1v) is 7.28. The lowest BCUT2D eigenvalue weighted by atomic mass is 9.90. The summed E-state index contributed by atoms with van der Waals surface area (Å²) >= 11 is 0. The van der Waals surface area contributed by atoms with Crippen LogP contribution in [0.5, 0.6) is 0 Å². The fraction of sp³-hybridized carbons (Fsp3) is 0.312. The molecule has 2 aromatic rings. The molecule has 120 valence electrons. The number of aryl methyl sites for hydroxylation is 1. The van der Waals surface area contributed by atoms with Gasteiger partial charge in [-0.15, -0.1) is 0 Å². The van der Waals surface area contributed by atoms with Crippen LogP contribution in [0.25, 0.3) is 0 Å². The summed E-state index contributed by atoms with van der Waals surface area (Å²) in [6, 6.07) is 7.36. The molecule has 1 aromatic heterocycles. The SMILES string of the molecule is COC(=O)C1CN(C(=O)Nc2cnn(C)c2)Cc2ccccc21. The second-order valence-corrected chi connectivity index (χ2v) is 5.49. The third-order valence-electron chi connectivity index (χ3n) is 3.92. The van der Waals surface area contributed by atoms with Gasteiger partial charge in [0.15, 0.2) is 0 Å². The third kappa shape index (κ3) is 3.03. The summed E-state index contributed by atoms with van der Waals surface area (Å²) in [6.45, 7) is 0.742. The van der Waals surface area contributed by atoms with Crippen LogP contribution in [0.4, 0.5) is 10.5 Å². The van der Waals surface area contributed by atoms with Gasteiger partial charge >= 0.3 is 12.0 Å². The van der Waals surface area contributed by atoms with Crippen molar-refractivity contribution in [2.24, 2.45) is 7.05 Å². The van der Waals surface area contributed by atoms with Gasteiger partial charge in [0, 0.05) is 26.3 Å². The van der Waals surface area contributed by atoms with Gasteiger partial charge in [0.1, 0.15) is 0 Å². The Morgan fingerprint density at radius 3 is 2.83 bits per heavy atom. The number of fused-ring (bicyclic) bond motifs is 1. The minimum atomic E-state index is -0.468. The van der Waals surface area contributed by atoms with Crippen molar-refractivity contribution in [3.05, 3.63) is 47.8 Å². The number of carbonyl (C=O) groups is 2. The summed E-state index contributed by atoms with van der Waals surface area (Å²) in [5.74, 6) is -0.805. The predicted octanol–water partition coefficient (Wildman–Crippen LogP) is 1.72. The summed E-state index contributed by atoms with van der Waals surface area (Å²) < 4.78 is 6.50. The Morgan fingerprint density at radius 2 is 2.13 bits per heavy atom. The van der Waals surface area contributed by atoms with Crippen LogP contribution in [0, 0.1) is 0 Å². The summed E-state index contributed by atoms with van der Waals surface area (Å²) in [5.41, 5.74) is 2.49. The monoisotopic (exact) mass is 314 g/mol. The lowest BCUT2D eigenvalue weighted by Crippen LogP contribution is -2.42. The van der Waals surface area contributed by atoms with E-state index in [-0.39, 0.29) is 18.5 Å². The molecule has 1 aromatic carbocycles. The Hall–Kier alpha value is -2.83. The molecule has 2 heterocycles. The van der Waals surface area contributed by atoms with Crippen molar-refractivity contribution < 1.29 is 14.3 Å². The fourth-order valence-corrected chi connectivity index (χ4v) is 2.79. The molecule has 1 atom stereocenters. The van der Waals surface area contributed by atoms with Crippen LogP contribution in [0.3, 0.4) is 0 Å².